The molecule has 12 rings (SSSR count). The normalized spacial score (nSPS) is 12.7. The van der Waals surface area contributed by atoms with Gasteiger partial charge < -0.3 is 0 Å². The molecule has 1 atom stereocenters. The number of hydrogen-bond donors (Lipinski definition) is 0. The van der Waals surface area contributed by atoms with Gasteiger partial charge in [-0.2, -0.15) is 68.4 Å². The van der Waals surface area contributed by atoms with Crippen LogP contribution in [-0.4, -0.2) is 14.1 Å². The lowest BCUT2D eigenvalue weighted by Crippen LogP contribution is -2.11. The van der Waals surface area contributed by atoms with Gasteiger partial charge in [0.15, 0.2) is 0 Å². The topological polar surface area (TPSA) is 213 Å². The van der Waals surface area contributed by atoms with Crippen LogP contribution >= 0.6 is 0 Å². The second kappa shape index (κ2) is 20.8. The predicted molar refractivity (Wildman–Crippen MR) is 307 cm³/mol. The summed E-state index contributed by atoms with van der Waals surface area (Å²) in [6.07, 6.45) is -6.49. The summed E-state index contributed by atoms with van der Waals surface area (Å²) in [5, 5.41) is 81.3. The summed E-state index contributed by atoms with van der Waals surface area (Å²) < 4.78 is 92.3. The monoisotopic (exact) mass is 1130 g/mol. The van der Waals surface area contributed by atoms with Gasteiger partial charge in [-0.05, 0) is 208 Å². The fraction of sp³-hybridized carbons (Fsp3) is 0.0580. The molecule has 1 aliphatic carbocycles. The van der Waals surface area contributed by atoms with E-state index in [1.807, 2.05) is 24.3 Å². The standard InChI is InChI=1S/C69H31F6N11/c70-68(71,72)56-21-54(22-57(29-56)69(73,74)75)55-27-66(85-62-5-1-46(50-13-38(30-76)9-39(14-50)31-77)23-58(62)59-24-47(2-6-63(59)85)51-15-40(32-78)10-41(16-51)33-79)84-67(28-55)86-64-7-3-48(52-17-42(34-80)11-43(18-52)35-81)25-60(64)61-26-49(4-8-65(61)86)53-19-44(36-82)12-45(20-53)37-83/h1-25,27-29,49H,26H2. The summed E-state index contributed by atoms with van der Waals surface area (Å²) in [6.45, 7) is 0. The quantitative estimate of drug-likeness (QED) is 0.139. The summed E-state index contributed by atoms with van der Waals surface area (Å²) >= 11 is 0. The number of rotatable bonds is 7. The van der Waals surface area contributed by atoms with E-state index in [2.05, 4.69) is 48.6 Å². The highest BCUT2D eigenvalue weighted by Gasteiger charge is 2.37. The molecule has 0 radical (unpaired) electrons. The molecule has 8 aromatic carbocycles. The third-order valence-corrected chi connectivity index (χ3v) is 15.2. The van der Waals surface area contributed by atoms with Crippen molar-refractivity contribution in [2.45, 2.75) is 24.7 Å². The van der Waals surface area contributed by atoms with Crippen molar-refractivity contribution in [2.24, 2.45) is 0 Å². The highest BCUT2D eigenvalue weighted by molar-refractivity contribution is 6.12. The van der Waals surface area contributed by atoms with Crippen molar-refractivity contribution in [3.63, 3.8) is 0 Å². The Balaban J connectivity index is 1.17. The third kappa shape index (κ3) is 9.69. The molecule has 0 fully saturated rings. The molecular weight excluding hydrogens is 1100 g/mol. The van der Waals surface area contributed by atoms with Gasteiger partial charge in [0.05, 0.1) is 126 Å². The Morgan fingerprint density at radius 3 is 1.08 bits per heavy atom. The molecule has 0 saturated carbocycles. The van der Waals surface area contributed by atoms with E-state index in [0.29, 0.717) is 95.0 Å². The Morgan fingerprint density at radius 1 is 0.360 bits per heavy atom. The first kappa shape index (κ1) is 54.1. The lowest BCUT2D eigenvalue weighted by molar-refractivity contribution is -0.143. The molecule has 0 saturated heterocycles. The third-order valence-electron chi connectivity index (χ3n) is 15.2. The molecule has 3 heterocycles. The first-order valence-electron chi connectivity index (χ1n) is 26.0. The van der Waals surface area contributed by atoms with Crippen molar-refractivity contribution in [3.8, 4) is 105 Å². The molecule has 11 nitrogen and oxygen atoms in total. The number of aromatic nitrogens is 3. The molecule has 86 heavy (non-hydrogen) atoms. The van der Waals surface area contributed by atoms with E-state index in [1.165, 1.54) is 36.4 Å². The Labute approximate surface area is 484 Å². The van der Waals surface area contributed by atoms with Gasteiger partial charge in [0.2, 0.25) is 0 Å². The number of nitriles is 8. The van der Waals surface area contributed by atoms with Crippen molar-refractivity contribution in [3.05, 3.63) is 236 Å². The predicted octanol–water partition coefficient (Wildman–Crippen LogP) is 16.2. The maximum Gasteiger partial charge on any atom is 0.416 e. The fourth-order valence-corrected chi connectivity index (χ4v) is 11.3. The number of alkyl halides is 6. The van der Waals surface area contributed by atoms with Crippen LogP contribution in [0.4, 0.5) is 26.3 Å². The highest BCUT2D eigenvalue weighted by Crippen LogP contribution is 2.45. The van der Waals surface area contributed by atoms with Gasteiger partial charge in [-0.15, -0.1) is 0 Å². The summed E-state index contributed by atoms with van der Waals surface area (Å²) in [4.78, 5) is 5.30. The molecule has 0 aliphatic heterocycles. The van der Waals surface area contributed by atoms with E-state index in [4.69, 9.17) is 4.98 Å². The molecule has 1 aliphatic rings. The summed E-state index contributed by atoms with van der Waals surface area (Å²) in [6, 6.07) is 55.9. The van der Waals surface area contributed by atoms with Crippen LogP contribution in [0.2, 0.25) is 0 Å². The van der Waals surface area contributed by atoms with Gasteiger partial charge in [0.1, 0.15) is 11.6 Å². The lowest BCUT2D eigenvalue weighted by Gasteiger charge is -2.20. The largest absolute Gasteiger partial charge is 0.416 e. The second-order valence-corrected chi connectivity index (χ2v) is 20.4. The van der Waals surface area contributed by atoms with Crippen molar-refractivity contribution in [1.82, 2.24) is 14.1 Å². The zero-order chi connectivity index (χ0) is 60.3. The number of halogens is 6. The number of benzene rings is 8. The van der Waals surface area contributed by atoms with Gasteiger partial charge in [0, 0.05) is 22.1 Å². The number of fused-ring (bicyclic) bond motifs is 6. The zero-order valence-corrected chi connectivity index (χ0v) is 44.1. The van der Waals surface area contributed by atoms with Gasteiger partial charge in [0.25, 0.3) is 0 Å². The first-order chi connectivity index (χ1) is 41.4. The minimum Gasteiger partial charge on any atom is -0.294 e. The van der Waals surface area contributed by atoms with E-state index >= 15 is 0 Å². The molecule has 17 heteroatoms. The van der Waals surface area contributed by atoms with Gasteiger partial charge in [-0.25, -0.2) is 4.98 Å². The summed E-state index contributed by atoms with van der Waals surface area (Å²) in [5.41, 5.74) is 4.76. The maximum atomic E-state index is 14.8. The highest BCUT2D eigenvalue weighted by atomic mass is 19.4. The van der Waals surface area contributed by atoms with Crippen LogP contribution in [0.3, 0.4) is 0 Å². The van der Waals surface area contributed by atoms with E-state index in [9.17, 15) is 68.4 Å². The second-order valence-electron chi connectivity index (χ2n) is 20.4. The molecule has 0 amide bonds. The van der Waals surface area contributed by atoms with Gasteiger partial charge in [-0.3, -0.25) is 9.13 Å². The summed E-state index contributed by atoms with van der Waals surface area (Å²) in [7, 11) is 0. The maximum absolute atomic E-state index is 14.8. The number of nitrogens with zero attached hydrogens (tertiary/aromatic N) is 11. The average Bonchev–Trinajstić information content (AvgIpc) is 1.61. The Hall–Kier alpha value is -12.5. The first-order valence-corrected chi connectivity index (χ1v) is 26.0. The fourth-order valence-electron chi connectivity index (χ4n) is 11.3. The van der Waals surface area contributed by atoms with Crippen molar-refractivity contribution >= 4 is 38.8 Å². The van der Waals surface area contributed by atoms with Crippen LogP contribution in [0, 0.1) is 90.6 Å². The zero-order valence-electron chi connectivity index (χ0n) is 44.1. The molecule has 0 bridgehead atoms. The van der Waals surface area contributed by atoms with Crippen molar-refractivity contribution < 1.29 is 26.3 Å². The summed E-state index contributed by atoms with van der Waals surface area (Å²) in [5.74, 6) is -0.325. The van der Waals surface area contributed by atoms with E-state index in [0.717, 1.165) is 0 Å². The van der Waals surface area contributed by atoms with Crippen molar-refractivity contribution in [2.75, 3.05) is 0 Å². The van der Waals surface area contributed by atoms with E-state index in [1.54, 1.807) is 100 Å². The van der Waals surface area contributed by atoms with Crippen LogP contribution in [0.5, 0.6) is 0 Å². The van der Waals surface area contributed by atoms with Crippen LogP contribution in [-0.2, 0) is 18.8 Å². The Morgan fingerprint density at radius 2 is 0.698 bits per heavy atom. The molecule has 0 spiro atoms. The minimum absolute atomic E-state index is 0.0417. The molecule has 0 N–H and O–H groups in total. The Kier molecular flexibility index (Phi) is 13.1. The average molecular weight is 1130 g/mol. The number of allylic oxidation sites excluding steroid dienone is 1. The van der Waals surface area contributed by atoms with Crippen LogP contribution in [0.15, 0.2) is 164 Å². The van der Waals surface area contributed by atoms with Crippen LogP contribution in [0.25, 0.3) is 94.9 Å². The van der Waals surface area contributed by atoms with Crippen LogP contribution in [0.1, 0.15) is 78.4 Å². The molecule has 11 aromatic rings. The Bertz CT molecular complexity index is 4900. The molecule has 3 aromatic heterocycles. The minimum atomic E-state index is -5.21. The van der Waals surface area contributed by atoms with E-state index in [-0.39, 0.29) is 74.2 Å². The van der Waals surface area contributed by atoms with Crippen molar-refractivity contribution in [1.29, 1.82) is 42.1 Å². The number of hydrogen-bond acceptors (Lipinski definition) is 9. The van der Waals surface area contributed by atoms with Crippen LogP contribution < -0.4 is 0 Å². The number of pyridine rings is 1. The van der Waals surface area contributed by atoms with Gasteiger partial charge >= 0.3 is 12.4 Å². The van der Waals surface area contributed by atoms with Gasteiger partial charge in [-0.1, -0.05) is 24.3 Å². The molecule has 1 unspecified atom stereocenters. The van der Waals surface area contributed by atoms with E-state index < -0.39 is 35.0 Å². The molecule has 404 valence electrons. The smallest absolute Gasteiger partial charge is 0.294 e. The SMILES string of the molecule is N#Cc1cc(C#N)cc(-c2ccc3c(c2)c2c(n3-c3cc(-c4cc(C(F)(F)F)cc(C(F)(F)F)c4)cc(-n4c5ccc(-c6cc(C#N)cc(C#N)c6)cc5c5cc(-c6cc(C#N)cc(C#N)c6)ccc54)n3)C=CC(c3cc(C#N)cc(C#N)c3)C2)c1. The lowest BCUT2D eigenvalue weighted by atomic mass is 9.85. The molecular formula is C69H31F6N11.